The van der Waals surface area contributed by atoms with Gasteiger partial charge in [0.2, 0.25) is 0 Å². The molecule has 3 heteroatoms. The Balaban J connectivity index is 2.13. The summed E-state index contributed by atoms with van der Waals surface area (Å²) in [5.41, 5.74) is 2.45. The van der Waals surface area contributed by atoms with E-state index in [1.807, 2.05) is 31.7 Å². The highest BCUT2D eigenvalue weighted by molar-refractivity contribution is 5.75. The number of rotatable bonds is 0. The Morgan fingerprint density at radius 3 is 2.67 bits per heavy atom. The van der Waals surface area contributed by atoms with Crippen LogP contribution in [0.4, 0.5) is 4.79 Å². The van der Waals surface area contributed by atoms with Crippen molar-refractivity contribution in [3.63, 3.8) is 0 Å². The minimum absolute atomic E-state index is 0.0313. The van der Waals surface area contributed by atoms with Crippen molar-refractivity contribution in [2.75, 3.05) is 6.54 Å². The summed E-state index contributed by atoms with van der Waals surface area (Å²) in [6.45, 7) is 9.70. The lowest BCUT2D eigenvalue weighted by Gasteiger charge is -2.35. The molecule has 1 atom stereocenters. The molecule has 0 aromatic heterocycles. The van der Waals surface area contributed by atoms with E-state index in [0.717, 1.165) is 6.54 Å². The molecule has 1 unspecified atom stereocenters. The number of urea groups is 1. The van der Waals surface area contributed by atoms with Crippen LogP contribution in [0.1, 0.15) is 44.7 Å². The van der Waals surface area contributed by atoms with E-state index >= 15 is 0 Å². The second kappa shape index (κ2) is 4.63. The van der Waals surface area contributed by atoms with Crippen molar-refractivity contribution in [3.8, 4) is 0 Å². The average molecular weight is 246 g/mol. The highest BCUT2D eigenvalue weighted by Gasteiger charge is 2.26. The maximum Gasteiger partial charge on any atom is 0.318 e. The minimum Gasteiger partial charge on any atom is -0.333 e. The van der Waals surface area contributed by atoms with Crippen molar-refractivity contribution >= 4 is 6.03 Å². The normalized spacial score (nSPS) is 19.3. The molecule has 1 aromatic rings. The molecule has 0 spiro atoms. The molecule has 1 aromatic carbocycles. The minimum atomic E-state index is -0.183. The van der Waals surface area contributed by atoms with E-state index in [2.05, 4.69) is 30.4 Å². The van der Waals surface area contributed by atoms with E-state index in [4.69, 9.17) is 0 Å². The third kappa shape index (κ3) is 2.84. The van der Waals surface area contributed by atoms with Gasteiger partial charge in [0, 0.05) is 18.6 Å². The van der Waals surface area contributed by atoms with Crippen LogP contribution in [0.15, 0.2) is 24.3 Å². The molecule has 2 rings (SSSR count). The van der Waals surface area contributed by atoms with Crippen LogP contribution < -0.4 is 5.32 Å². The predicted octanol–water partition coefficient (Wildman–Crippen LogP) is 3.11. The smallest absolute Gasteiger partial charge is 0.318 e. The molecule has 1 aliphatic heterocycles. The fraction of sp³-hybridized carbons (Fsp3) is 0.533. The summed E-state index contributed by atoms with van der Waals surface area (Å²) in [5.74, 6) is 0.403. The molecule has 1 aliphatic rings. The second-order valence-corrected chi connectivity index (χ2v) is 6.16. The third-order valence-electron chi connectivity index (χ3n) is 3.21. The van der Waals surface area contributed by atoms with E-state index in [1.54, 1.807) is 0 Å². The fourth-order valence-corrected chi connectivity index (χ4v) is 2.41. The van der Waals surface area contributed by atoms with Gasteiger partial charge in [0.25, 0.3) is 0 Å². The van der Waals surface area contributed by atoms with Gasteiger partial charge < -0.3 is 10.2 Å². The summed E-state index contributed by atoms with van der Waals surface area (Å²) in [6.07, 6.45) is 0. The average Bonchev–Trinajstić information content (AvgIpc) is 2.26. The molecule has 0 radical (unpaired) electrons. The van der Waals surface area contributed by atoms with E-state index < -0.39 is 0 Å². The van der Waals surface area contributed by atoms with Crippen LogP contribution in [0.5, 0.6) is 0 Å². The number of nitrogens with one attached hydrogen (secondary N) is 1. The Labute approximate surface area is 109 Å². The Morgan fingerprint density at radius 1 is 1.33 bits per heavy atom. The lowest BCUT2D eigenvalue weighted by atomic mass is 9.91. The number of hydrogen-bond acceptors (Lipinski definition) is 1. The van der Waals surface area contributed by atoms with Gasteiger partial charge in [-0.25, -0.2) is 4.79 Å². The zero-order chi connectivity index (χ0) is 13.3. The highest BCUT2D eigenvalue weighted by Crippen LogP contribution is 2.27. The van der Waals surface area contributed by atoms with Crippen LogP contribution in [-0.4, -0.2) is 23.0 Å². The van der Waals surface area contributed by atoms with Crippen molar-refractivity contribution in [2.24, 2.45) is 0 Å². The topological polar surface area (TPSA) is 32.3 Å². The first-order chi connectivity index (χ1) is 8.37. The van der Waals surface area contributed by atoms with Crippen LogP contribution in [0.25, 0.3) is 0 Å². The molecule has 3 nitrogen and oxygen atoms in total. The van der Waals surface area contributed by atoms with Gasteiger partial charge in [-0.2, -0.15) is 0 Å². The molecular weight excluding hydrogens is 224 g/mol. The lowest BCUT2D eigenvalue weighted by Crippen LogP contribution is -2.50. The van der Waals surface area contributed by atoms with Gasteiger partial charge in [-0.15, -0.1) is 0 Å². The maximum atomic E-state index is 12.2. The monoisotopic (exact) mass is 246 g/mol. The van der Waals surface area contributed by atoms with Crippen LogP contribution >= 0.6 is 0 Å². The van der Waals surface area contributed by atoms with E-state index in [0.29, 0.717) is 12.5 Å². The van der Waals surface area contributed by atoms with Gasteiger partial charge in [0.1, 0.15) is 0 Å². The van der Waals surface area contributed by atoms with Crippen molar-refractivity contribution < 1.29 is 4.79 Å². The molecule has 18 heavy (non-hydrogen) atoms. The number of fused-ring (bicyclic) bond motifs is 1. The first kappa shape index (κ1) is 12.9. The number of nitrogens with zero attached hydrogens (tertiary/aromatic N) is 1. The molecule has 1 N–H and O–H groups in total. The zero-order valence-corrected chi connectivity index (χ0v) is 11.7. The van der Waals surface area contributed by atoms with Gasteiger partial charge in [-0.05, 0) is 37.8 Å². The summed E-state index contributed by atoms with van der Waals surface area (Å²) in [5, 5.41) is 3.03. The third-order valence-corrected chi connectivity index (χ3v) is 3.21. The Kier molecular flexibility index (Phi) is 3.33. The fourth-order valence-electron chi connectivity index (χ4n) is 2.41. The van der Waals surface area contributed by atoms with Gasteiger partial charge in [-0.3, -0.25) is 0 Å². The number of carbonyl (C=O) groups excluding carboxylic acids is 1. The van der Waals surface area contributed by atoms with Crippen molar-refractivity contribution in [3.05, 3.63) is 35.4 Å². The van der Waals surface area contributed by atoms with E-state index in [9.17, 15) is 4.79 Å². The van der Waals surface area contributed by atoms with Gasteiger partial charge in [0.15, 0.2) is 0 Å². The van der Waals surface area contributed by atoms with Crippen LogP contribution in [0, 0.1) is 0 Å². The first-order valence-electron chi connectivity index (χ1n) is 6.52. The van der Waals surface area contributed by atoms with Gasteiger partial charge in [-0.1, -0.05) is 31.2 Å². The second-order valence-electron chi connectivity index (χ2n) is 6.16. The van der Waals surface area contributed by atoms with Gasteiger partial charge >= 0.3 is 6.03 Å². The number of hydrogen-bond donors (Lipinski definition) is 1. The first-order valence-corrected chi connectivity index (χ1v) is 6.52. The molecule has 0 fully saturated rings. The molecule has 1 heterocycles. The molecule has 0 aliphatic carbocycles. The largest absolute Gasteiger partial charge is 0.333 e. The number of carbonyl (C=O) groups is 1. The van der Waals surface area contributed by atoms with E-state index in [1.165, 1.54) is 11.1 Å². The maximum absolute atomic E-state index is 12.2. The van der Waals surface area contributed by atoms with Gasteiger partial charge in [0.05, 0.1) is 0 Å². The Hall–Kier alpha value is -1.51. The van der Waals surface area contributed by atoms with Crippen molar-refractivity contribution in [1.82, 2.24) is 10.2 Å². The summed E-state index contributed by atoms with van der Waals surface area (Å²) in [6, 6.07) is 8.42. The molecule has 2 amide bonds. The summed E-state index contributed by atoms with van der Waals surface area (Å²) < 4.78 is 0. The highest BCUT2D eigenvalue weighted by atomic mass is 16.2. The van der Waals surface area contributed by atoms with Crippen LogP contribution in [-0.2, 0) is 6.54 Å². The predicted molar refractivity (Wildman–Crippen MR) is 73.6 cm³/mol. The van der Waals surface area contributed by atoms with Crippen molar-refractivity contribution in [2.45, 2.75) is 45.7 Å². The summed E-state index contributed by atoms with van der Waals surface area (Å²) in [7, 11) is 0. The number of amides is 2. The molecule has 0 saturated heterocycles. The molecular formula is C15H22N2O. The van der Waals surface area contributed by atoms with Crippen molar-refractivity contribution in [1.29, 1.82) is 0 Å². The quantitative estimate of drug-likeness (QED) is 0.749. The summed E-state index contributed by atoms with van der Waals surface area (Å²) >= 11 is 0. The zero-order valence-electron chi connectivity index (χ0n) is 11.7. The molecule has 0 saturated carbocycles. The lowest BCUT2D eigenvalue weighted by molar-refractivity contribution is 0.178. The SMILES string of the molecule is CC1CN(C(=O)NC(C)(C)C)Cc2ccccc21. The van der Waals surface area contributed by atoms with Crippen LogP contribution in [0.2, 0.25) is 0 Å². The van der Waals surface area contributed by atoms with E-state index in [-0.39, 0.29) is 11.6 Å². The standard InChI is InChI=1S/C15H22N2O/c1-11-9-17(14(18)16-15(2,3)4)10-12-7-5-6-8-13(11)12/h5-8,11H,9-10H2,1-4H3,(H,16,18). The molecule has 0 bridgehead atoms. The summed E-state index contributed by atoms with van der Waals surface area (Å²) in [4.78, 5) is 14.1. The Morgan fingerprint density at radius 2 is 2.00 bits per heavy atom. The Bertz CT molecular complexity index is 448. The molecule has 98 valence electrons. The van der Waals surface area contributed by atoms with Crippen LogP contribution in [0.3, 0.4) is 0 Å². The number of benzene rings is 1.